The lowest BCUT2D eigenvalue weighted by Crippen LogP contribution is -2.28. The SMILES string of the molecule is CC(c1ccccc1)(c1cccc(C(=O)O)n1)c1cccc(-c2ccc(F)nc2F)n1. The maximum atomic E-state index is 14.3. The molecular weight excluding hydrogens is 400 g/mol. The monoisotopic (exact) mass is 417 g/mol. The lowest BCUT2D eigenvalue weighted by atomic mass is 9.75. The van der Waals surface area contributed by atoms with Crippen molar-refractivity contribution in [3.8, 4) is 11.3 Å². The van der Waals surface area contributed by atoms with Crippen molar-refractivity contribution in [2.75, 3.05) is 0 Å². The van der Waals surface area contributed by atoms with Gasteiger partial charge in [0.1, 0.15) is 5.69 Å². The van der Waals surface area contributed by atoms with E-state index < -0.39 is 23.3 Å². The summed E-state index contributed by atoms with van der Waals surface area (Å²) in [5.41, 5.74) is 1.13. The Labute approximate surface area is 177 Å². The van der Waals surface area contributed by atoms with Gasteiger partial charge >= 0.3 is 5.97 Å². The highest BCUT2D eigenvalue weighted by molar-refractivity contribution is 5.85. The number of carboxylic acids is 1. The fourth-order valence-corrected chi connectivity index (χ4v) is 3.50. The van der Waals surface area contributed by atoms with Crippen LogP contribution in [0.25, 0.3) is 11.3 Å². The van der Waals surface area contributed by atoms with Gasteiger partial charge in [0, 0.05) is 0 Å². The lowest BCUT2D eigenvalue weighted by Gasteiger charge is -2.30. The topological polar surface area (TPSA) is 76.0 Å². The van der Waals surface area contributed by atoms with E-state index in [0.717, 1.165) is 11.6 Å². The van der Waals surface area contributed by atoms with Gasteiger partial charge < -0.3 is 5.11 Å². The number of aromatic carboxylic acids is 1. The van der Waals surface area contributed by atoms with Gasteiger partial charge in [-0.2, -0.15) is 13.8 Å². The third-order valence-corrected chi connectivity index (χ3v) is 5.18. The summed E-state index contributed by atoms with van der Waals surface area (Å²) in [5.74, 6) is -3.02. The molecule has 0 aliphatic heterocycles. The Balaban J connectivity index is 1.94. The maximum Gasteiger partial charge on any atom is 0.354 e. The van der Waals surface area contributed by atoms with Crippen molar-refractivity contribution in [1.29, 1.82) is 0 Å². The van der Waals surface area contributed by atoms with Crippen LogP contribution in [0.2, 0.25) is 0 Å². The highest BCUT2D eigenvalue weighted by Crippen LogP contribution is 2.37. The molecule has 1 aromatic carbocycles. The molecule has 7 heteroatoms. The zero-order valence-corrected chi connectivity index (χ0v) is 16.5. The van der Waals surface area contributed by atoms with Crippen LogP contribution in [0.3, 0.4) is 0 Å². The zero-order chi connectivity index (χ0) is 22.0. The number of aromatic nitrogens is 3. The van der Waals surface area contributed by atoms with Gasteiger partial charge in [0.2, 0.25) is 11.9 Å². The molecule has 3 heterocycles. The molecular formula is C24H17F2N3O2. The molecule has 4 aromatic rings. The number of rotatable bonds is 5. The number of hydrogen-bond donors (Lipinski definition) is 1. The zero-order valence-electron chi connectivity index (χ0n) is 16.5. The fourth-order valence-electron chi connectivity index (χ4n) is 3.50. The summed E-state index contributed by atoms with van der Waals surface area (Å²) >= 11 is 0. The first-order valence-corrected chi connectivity index (χ1v) is 9.46. The molecule has 0 saturated heterocycles. The second-order valence-electron chi connectivity index (χ2n) is 7.08. The minimum absolute atomic E-state index is 0.0610. The van der Waals surface area contributed by atoms with Crippen molar-refractivity contribution < 1.29 is 18.7 Å². The molecule has 1 N–H and O–H groups in total. The quantitative estimate of drug-likeness (QED) is 0.469. The number of nitrogens with zero attached hydrogens (tertiary/aromatic N) is 3. The molecule has 3 aromatic heterocycles. The Bertz CT molecular complexity index is 1260. The summed E-state index contributed by atoms with van der Waals surface area (Å²) in [4.78, 5) is 23.7. The number of carboxylic acid groups (broad SMARTS) is 1. The first-order chi connectivity index (χ1) is 14.9. The fraction of sp³-hybridized carbons (Fsp3) is 0.0833. The number of pyridine rings is 3. The molecule has 0 amide bonds. The summed E-state index contributed by atoms with van der Waals surface area (Å²) in [7, 11) is 0. The van der Waals surface area contributed by atoms with Gasteiger partial charge in [-0.3, -0.25) is 4.98 Å². The van der Waals surface area contributed by atoms with E-state index in [-0.39, 0.29) is 17.0 Å². The molecule has 1 unspecified atom stereocenters. The Kier molecular flexibility index (Phi) is 5.25. The standard InChI is InChI=1S/C24H17F2N3O2/c1-24(15-7-3-2-4-8-15,20-12-6-10-18(28-20)23(30)31)19-11-5-9-17(27-19)16-13-14-21(25)29-22(16)26/h2-14H,1H3,(H,30,31). The number of benzene rings is 1. The lowest BCUT2D eigenvalue weighted by molar-refractivity contribution is 0.0690. The molecule has 1 atom stereocenters. The molecule has 0 saturated carbocycles. The largest absolute Gasteiger partial charge is 0.477 e. The smallest absolute Gasteiger partial charge is 0.354 e. The van der Waals surface area contributed by atoms with Crippen LogP contribution in [0.4, 0.5) is 8.78 Å². The predicted octanol–water partition coefficient (Wildman–Crippen LogP) is 4.87. The van der Waals surface area contributed by atoms with Crippen molar-refractivity contribution in [2.45, 2.75) is 12.3 Å². The molecule has 0 bridgehead atoms. The number of carbonyl (C=O) groups is 1. The van der Waals surface area contributed by atoms with Gasteiger partial charge in [0.25, 0.3) is 0 Å². The normalized spacial score (nSPS) is 12.9. The second-order valence-corrected chi connectivity index (χ2v) is 7.08. The van der Waals surface area contributed by atoms with Gasteiger partial charge in [-0.15, -0.1) is 0 Å². The maximum absolute atomic E-state index is 14.3. The molecule has 0 spiro atoms. The summed E-state index contributed by atoms with van der Waals surface area (Å²) in [6.45, 7) is 1.88. The van der Waals surface area contributed by atoms with Crippen LogP contribution < -0.4 is 0 Å². The van der Waals surface area contributed by atoms with Crippen molar-refractivity contribution in [3.05, 3.63) is 113 Å². The van der Waals surface area contributed by atoms with Gasteiger partial charge in [0.15, 0.2) is 0 Å². The third-order valence-electron chi connectivity index (χ3n) is 5.18. The van der Waals surface area contributed by atoms with Crippen LogP contribution in [0.15, 0.2) is 78.9 Å². The van der Waals surface area contributed by atoms with Crippen LogP contribution in [-0.2, 0) is 5.41 Å². The van der Waals surface area contributed by atoms with E-state index in [4.69, 9.17) is 0 Å². The van der Waals surface area contributed by atoms with E-state index in [0.29, 0.717) is 11.4 Å². The molecule has 154 valence electrons. The van der Waals surface area contributed by atoms with Crippen LogP contribution in [-0.4, -0.2) is 26.0 Å². The minimum Gasteiger partial charge on any atom is -0.477 e. The number of hydrogen-bond acceptors (Lipinski definition) is 4. The van der Waals surface area contributed by atoms with E-state index in [2.05, 4.69) is 15.0 Å². The van der Waals surface area contributed by atoms with E-state index >= 15 is 0 Å². The van der Waals surface area contributed by atoms with Crippen LogP contribution >= 0.6 is 0 Å². The van der Waals surface area contributed by atoms with Crippen molar-refractivity contribution in [2.24, 2.45) is 0 Å². The van der Waals surface area contributed by atoms with E-state index in [9.17, 15) is 18.7 Å². The van der Waals surface area contributed by atoms with Gasteiger partial charge in [-0.05, 0) is 48.9 Å². The average molecular weight is 417 g/mol. The highest BCUT2D eigenvalue weighted by Gasteiger charge is 2.35. The average Bonchev–Trinajstić information content (AvgIpc) is 2.79. The Morgan fingerprint density at radius 3 is 2.16 bits per heavy atom. The Morgan fingerprint density at radius 2 is 1.48 bits per heavy atom. The van der Waals surface area contributed by atoms with E-state index in [1.54, 1.807) is 30.3 Å². The van der Waals surface area contributed by atoms with Crippen LogP contribution in [0, 0.1) is 11.9 Å². The summed E-state index contributed by atoms with van der Waals surface area (Å²) < 4.78 is 27.5. The predicted molar refractivity (Wildman–Crippen MR) is 111 cm³/mol. The molecule has 0 radical (unpaired) electrons. The Morgan fingerprint density at radius 1 is 0.806 bits per heavy atom. The van der Waals surface area contributed by atoms with Crippen molar-refractivity contribution in [1.82, 2.24) is 15.0 Å². The summed E-state index contributed by atoms with van der Waals surface area (Å²) in [5, 5.41) is 9.40. The minimum atomic E-state index is -1.14. The molecule has 5 nitrogen and oxygen atoms in total. The first-order valence-electron chi connectivity index (χ1n) is 9.46. The highest BCUT2D eigenvalue weighted by atomic mass is 19.1. The second kappa shape index (κ2) is 8.02. The molecule has 4 rings (SSSR count). The molecule has 0 fully saturated rings. The number of halogens is 2. The van der Waals surface area contributed by atoms with Crippen LogP contribution in [0.5, 0.6) is 0 Å². The van der Waals surface area contributed by atoms with E-state index in [1.165, 1.54) is 12.1 Å². The Hall–Kier alpha value is -4.00. The molecule has 0 aliphatic rings. The summed E-state index contributed by atoms with van der Waals surface area (Å²) in [6.07, 6.45) is 0. The summed E-state index contributed by atoms with van der Waals surface area (Å²) in [6, 6.07) is 21.6. The van der Waals surface area contributed by atoms with Crippen molar-refractivity contribution >= 4 is 5.97 Å². The molecule has 0 aliphatic carbocycles. The third kappa shape index (κ3) is 3.77. The first kappa shape index (κ1) is 20.3. The van der Waals surface area contributed by atoms with Crippen molar-refractivity contribution in [3.63, 3.8) is 0 Å². The van der Waals surface area contributed by atoms with Gasteiger partial charge in [-0.1, -0.05) is 42.5 Å². The van der Waals surface area contributed by atoms with Gasteiger partial charge in [-0.25, -0.2) is 9.78 Å². The molecule has 31 heavy (non-hydrogen) atoms. The van der Waals surface area contributed by atoms with E-state index in [1.807, 2.05) is 37.3 Å². The van der Waals surface area contributed by atoms with Gasteiger partial charge in [0.05, 0.1) is 28.1 Å². The van der Waals surface area contributed by atoms with Crippen LogP contribution in [0.1, 0.15) is 34.4 Å².